The van der Waals surface area contributed by atoms with Crippen molar-refractivity contribution in [1.82, 2.24) is 9.88 Å². The third-order valence-corrected chi connectivity index (χ3v) is 6.32. The standard InChI is InChI=1S/C22H21N3O2S/c1-15(27-19-8-4-2-6-17(19)14-23)22(26)25-12-10-16(11-13-25)21-24-18-7-3-5-9-20(18)28-21/h2-9,15-16H,10-13H2,1H3. The predicted molar refractivity (Wildman–Crippen MR) is 109 cm³/mol. The zero-order valence-electron chi connectivity index (χ0n) is 15.7. The first kappa shape index (κ1) is 18.5. The molecule has 5 nitrogen and oxygen atoms in total. The number of para-hydroxylation sites is 2. The molecule has 0 bridgehead atoms. The number of carbonyl (C=O) groups excluding carboxylic acids is 1. The van der Waals surface area contributed by atoms with Gasteiger partial charge in [0, 0.05) is 19.0 Å². The van der Waals surface area contributed by atoms with E-state index in [4.69, 9.17) is 9.72 Å². The number of benzene rings is 2. The van der Waals surface area contributed by atoms with E-state index in [2.05, 4.69) is 12.1 Å². The highest BCUT2D eigenvalue weighted by atomic mass is 32.1. The molecule has 28 heavy (non-hydrogen) atoms. The molecule has 3 aromatic rings. The molecular formula is C22H21N3O2S. The Bertz CT molecular complexity index is 998. The molecule has 1 atom stereocenters. The number of nitriles is 1. The SMILES string of the molecule is CC(Oc1ccccc1C#N)C(=O)N1CCC(c2nc3ccccc3s2)CC1. The van der Waals surface area contributed by atoms with Crippen LogP contribution in [-0.2, 0) is 4.79 Å². The maximum atomic E-state index is 12.8. The van der Waals surface area contributed by atoms with Gasteiger partial charge in [0.15, 0.2) is 6.10 Å². The monoisotopic (exact) mass is 391 g/mol. The average Bonchev–Trinajstić information content (AvgIpc) is 3.18. The highest BCUT2D eigenvalue weighted by molar-refractivity contribution is 7.18. The summed E-state index contributed by atoms with van der Waals surface area (Å²) < 4.78 is 7.00. The van der Waals surface area contributed by atoms with Gasteiger partial charge in [0.25, 0.3) is 5.91 Å². The molecule has 142 valence electrons. The number of ether oxygens (including phenoxy) is 1. The van der Waals surface area contributed by atoms with Crippen LogP contribution in [0.15, 0.2) is 48.5 Å². The zero-order chi connectivity index (χ0) is 19.5. The van der Waals surface area contributed by atoms with Crippen molar-refractivity contribution in [1.29, 1.82) is 5.26 Å². The van der Waals surface area contributed by atoms with Crippen molar-refractivity contribution in [3.8, 4) is 11.8 Å². The molecule has 1 fully saturated rings. The molecule has 1 aliphatic rings. The lowest BCUT2D eigenvalue weighted by Gasteiger charge is -2.32. The third kappa shape index (κ3) is 3.71. The van der Waals surface area contributed by atoms with Crippen molar-refractivity contribution in [2.24, 2.45) is 0 Å². The summed E-state index contributed by atoms with van der Waals surface area (Å²) in [5.41, 5.74) is 1.50. The number of hydrogen-bond acceptors (Lipinski definition) is 5. The summed E-state index contributed by atoms with van der Waals surface area (Å²) in [4.78, 5) is 19.4. The molecule has 0 aliphatic carbocycles. The second-order valence-corrected chi connectivity index (χ2v) is 8.05. The van der Waals surface area contributed by atoms with Gasteiger partial charge in [-0.25, -0.2) is 4.98 Å². The Labute approximate surface area is 168 Å². The minimum absolute atomic E-state index is 0.0320. The van der Waals surface area contributed by atoms with Crippen molar-refractivity contribution in [2.75, 3.05) is 13.1 Å². The summed E-state index contributed by atoms with van der Waals surface area (Å²) in [5, 5.41) is 10.3. The number of nitrogens with zero attached hydrogens (tertiary/aromatic N) is 3. The van der Waals surface area contributed by atoms with E-state index < -0.39 is 6.10 Å². The summed E-state index contributed by atoms with van der Waals surface area (Å²) in [6.45, 7) is 3.15. The summed E-state index contributed by atoms with van der Waals surface area (Å²) >= 11 is 1.76. The van der Waals surface area contributed by atoms with Crippen LogP contribution in [-0.4, -0.2) is 35.0 Å². The molecule has 0 radical (unpaired) electrons. The van der Waals surface area contributed by atoms with Gasteiger partial charge in [-0.05, 0) is 44.0 Å². The number of hydrogen-bond donors (Lipinski definition) is 0. The van der Waals surface area contributed by atoms with Crippen LogP contribution < -0.4 is 4.74 Å². The Hall–Kier alpha value is -2.91. The van der Waals surface area contributed by atoms with E-state index in [1.165, 1.54) is 9.71 Å². The normalized spacial score (nSPS) is 15.9. The van der Waals surface area contributed by atoms with E-state index in [0.29, 0.717) is 30.3 Å². The molecule has 0 spiro atoms. The van der Waals surface area contributed by atoms with E-state index in [9.17, 15) is 10.1 Å². The first-order chi connectivity index (χ1) is 13.7. The van der Waals surface area contributed by atoms with Gasteiger partial charge in [-0.2, -0.15) is 5.26 Å². The van der Waals surface area contributed by atoms with Crippen LogP contribution in [0.5, 0.6) is 5.75 Å². The van der Waals surface area contributed by atoms with Crippen molar-refractivity contribution < 1.29 is 9.53 Å². The second-order valence-electron chi connectivity index (χ2n) is 6.99. The van der Waals surface area contributed by atoms with Crippen molar-refractivity contribution >= 4 is 27.5 Å². The van der Waals surface area contributed by atoms with Crippen LogP contribution in [0.3, 0.4) is 0 Å². The van der Waals surface area contributed by atoms with Gasteiger partial charge in [-0.1, -0.05) is 24.3 Å². The van der Waals surface area contributed by atoms with E-state index >= 15 is 0 Å². The van der Waals surface area contributed by atoms with Crippen molar-refractivity contribution in [3.63, 3.8) is 0 Å². The minimum atomic E-state index is -0.617. The van der Waals surface area contributed by atoms with Crippen LogP contribution in [0.1, 0.15) is 36.3 Å². The Morgan fingerprint density at radius 2 is 1.93 bits per heavy atom. The number of rotatable bonds is 4. The Morgan fingerprint density at radius 3 is 2.68 bits per heavy atom. The topological polar surface area (TPSA) is 66.2 Å². The second kappa shape index (κ2) is 7.99. The number of piperidine rings is 1. The van der Waals surface area contributed by atoms with Crippen LogP contribution >= 0.6 is 11.3 Å². The van der Waals surface area contributed by atoms with E-state index in [0.717, 1.165) is 18.4 Å². The summed E-state index contributed by atoms with van der Waals surface area (Å²) in [5.74, 6) is 0.822. The smallest absolute Gasteiger partial charge is 0.263 e. The Balaban J connectivity index is 1.37. The first-order valence-corrected chi connectivity index (χ1v) is 10.3. The fourth-order valence-corrected chi connectivity index (χ4v) is 4.71. The van der Waals surface area contributed by atoms with Gasteiger partial charge in [-0.15, -0.1) is 11.3 Å². The minimum Gasteiger partial charge on any atom is -0.480 e. The fraction of sp³-hybridized carbons (Fsp3) is 0.318. The highest BCUT2D eigenvalue weighted by Crippen LogP contribution is 2.34. The highest BCUT2D eigenvalue weighted by Gasteiger charge is 2.29. The first-order valence-electron chi connectivity index (χ1n) is 9.45. The van der Waals surface area contributed by atoms with Crippen molar-refractivity contribution in [2.45, 2.75) is 31.8 Å². The molecule has 1 amide bonds. The molecule has 1 aliphatic heterocycles. The van der Waals surface area contributed by atoms with Crippen LogP contribution in [0.4, 0.5) is 0 Å². The van der Waals surface area contributed by atoms with Gasteiger partial charge < -0.3 is 9.64 Å². The Morgan fingerprint density at radius 1 is 1.21 bits per heavy atom. The maximum Gasteiger partial charge on any atom is 0.263 e. The zero-order valence-corrected chi connectivity index (χ0v) is 16.5. The van der Waals surface area contributed by atoms with Gasteiger partial charge in [0.05, 0.1) is 20.8 Å². The third-order valence-electron chi connectivity index (χ3n) is 5.13. The molecule has 0 saturated carbocycles. The molecule has 1 aromatic heterocycles. The number of carbonyl (C=O) groups is 1. The van der Waals surface area contributed by atoms with E-state index in [-0.39, 0.29) is 5.91 Å². The lowest BCUT2D eigenvalue weighted by atomic mass is 9.97. The fourth-order valence-electron chi connectivity index (χ4n) is 3.57. The van der Waals surface area contributed by atoms with Crippen LogP contribution in [0.25, 0.3) is 10.2 Å². The van der Waals surface area contributed by atoms with E-state index in [1.807, 2.05) is 23.1 Å². The Kier molecular flexibility index (Phi) is 5.27. The molecular weight excluding hydrogens is 370 g/mol. The average molecular weight is 391 g/mol. The molecule has 0 N–H and O–H groups in total. The largest absolute Gasteiger partial charge is 0.480 e. The van der Waals surface area contributed by atoms with Gasteiger partial charge in [0.1, 0.15) is 11.8 Å². The molecule has 6 heteroatoms. The summed E-state index contributed by atoms with van der Waals surface area (Å²) in [7, 11) is 0. The number of aromatic nitrogens is 1. The van der Waals surface area contributed by atoms with Crippen LogP contribution in [0, 0.1) is 11.3 Å². The molecule has 2 heterocycles. The van der Waals surface area contributed by atoms with Gasteiger partial charge in [0.2, 0.25) is 0 Å². The molecule has 2 aromatic carbocycles. The molecule has 1 saturated heterocycles. The maximum absolute atomic E-state index is 12.8. The van der Waals surface area contributed by atoms with Crippen molar-refractivity contribution in [3.05, 3.63) is 59.1 Å². The molecule has 1 unspecified atom stereocenters. The number of likely N-dealkylation sites (tertiary alicyclic amines) is 1. The predicted octanol–water partition coefficient (Wildman–Crippen LogP) is 4.34. The van der Waals surface area contributed by atoms with Crippen LogP contribution in [0.2, 0.25) is 0 Å². The summed E-state index contributed by atoms with van der Waals surface area (Å²) in [6, 6.07) is 17.3. The quantitative estimate of drug-likeness (QED) is 0.663. The lowest BCUT2D eigenvalue weighted by Crippen LogP contribution is -2.44. The lowest BCUT2D eigenvalue weighted by molar-refractivity contribution is -0.139. The number of amides is 1. The molecule has 4 rings (SSSR count). The summed E-state index contributed by atoms with van der Waals surface area (Å²) in [6.07, 6.45) is 1.20. The van der Waals surface area contributed by atoms with Gasteiger partial charge in [-0.3, -0.25) is 4.79 Å². The number of fused-ring (bicyclic) bond motifs is 1. The van der Waals surface area contributed by atoms with Gasteiger partial charge >= 0.3 is 0 Å². The van der Waals surface area contributed by atoms with E-state index in [1.54, 1.807) is 42.5 Å². The number of thiazole rings is 1.